The summed E-state index contributed by atoms with van der Waals surface area (Å²) in [6.07, 6.45) is 6.53. The van der Waals surface area contributed by atoms with Crippen molar-refractivity contribution in [3.05, 3.63) is 42.9 Å². The number of nitrogens with zero attached hydrogens (tertiary/aromatic N) is 9. The second kappa shape index (κ2) is 6.57. The van der Waals surface area contributed by atoms with Gasteiger partial charge < -0.3 is 9.80 Å². The Morgan fingerprint density at radius 3 is 2.48 bits per heavy atom. The van der Waals surface area contributed by atoms with Gasteiger partial charge in [0.05, 0.1) is 24.1 Å². The molecule has 0 unspecified atom stereocenters. The Kier molecular flexibility index (Phi) is 4.21. The highest BCUT2D eigenvalue weighted by Gasteiger charge is 2.32. The topological polar surface area (TPSA) is 88.8 Å². The summed E-state index contributed by atoms with van der Waals surface area (Å²) in [5, 5.41) is 12.9. The van der Waals surface area contributed by atoms with Gasteiger partial charge in [-0.25, -0.2) is 14.6 Å². The van der Waals surface area contributed by atoms with Gasteiger partial charge in [0, 0.05) is 25.6 Å². The molecule has 1 saturated heterocycles. The quantitative estimate of drug-likeness (QED) is 0.687. The molecule has 0 amide bonds. The summed E-state index contributed by atoms with van der Waals surface area (Å²) in [5.74, 6) is 2.37. The first-order valence-electron chi connectivity index (χ1n) is 8.91. The third kappa shape index (κ3) is 3.44. The van der Waals surface area contributed by atoms with Crippen molar-refractivity contribution < 1.29 is 0 Å². The maximum atomic E-state index is 4.63. The molecule has 0 bridgehead atoms. The molecule has 4 heterocycles. The van der Waals surface area contributed by atoms with Crippen molar-refractivity contribution in [1.82, 2.24) is 34.9 Å². The summed E-state index contributed by atoms with van der Waals surface area (Å²) in [7, 11) is 2.03. The Labute approximate surface area is 158 Å². The zero-order chi connectivity index (χ0) is 19.0. The fourth-order valence-electron chi connectivity index (χ4n) is 2.92. The van der Waals surface area contributed by atoms with Crippen LogP contribution in [0.2, 0.25) is 0 Å². The van der Waals surface area contributed by atoms with Gasteiger partial charge >= 0.3 is 0 Å². The third-order valence-corrected chi connectivity index (χ3v) is 4.78. The van der Waals surface area contributed by atoms with Crippen LogP contribution in [0.15, 0.2) is 37.2 Å². The summed E-state index contributed by atoms with van der Waals surface area (Å²) < 4.78 is 1.60. The Bertz CT molecular complexity index is 893. The molecule has 9 heteroatoms. The van der Waals surface area contributed by atoms with Crippen LogP contribution in [0.25, 0.3) is 5.82 Å². The molecule has 0 spiro atoms. The van der Waals surface area contributed by atoms with Crippen LogP contribution in [0.5, 0.6) is 0 Å². The van der Waals surface area contributed by atoms with E-state index in [1.54, 1.807) is 23.4 Å². The van der Waals surface area contributed by atoms with E-state index in [1.165, 1.54) is 6.33 Å². The molecule has 0 aliphatic carbocycles. The monoisotopic (exact) mass is 365 g/mol. The van der Waals surface area contributed by atoms with Crippen LogP contribution in [0.3, 0.4) is 0 Å². The molecule has 9 nitrogen and oxygen atoms in total. The molecular weight excluding hydrogens is 342 g/mol. The Morgan fingerprint density at radius 2 is 1.85 bits per heavy atom. The van der Waals surface area contributed by atoms with E-state index in [0.717, 1.165) is 30.4 Å². The van der Waals surface area contributed by atoms with Gasteiger partial charge in [-0.05, 0) is 12.1 Å². The van der Waals surface area contributed by atoms with E-state index in [-0.39, 0.29) is 5.41 Å². The maximum absolute atomic E-state index is 4.63. The van der Waals surface area contributed by atoms with Crippen molar-refractivity contribution in [2.24, 2.45) is 0 Å². The zero-order valence-corrected chi connectivity index (χ0v) is 16.0. The standard InChI is InChI=1S/C18H23N9/c1-18(2,3)14-5-6-15(24-23-14)26-9-13(10-26)25(4)16-7-19-8-17(22-16)27-12-20-11-21-27/h5-8,11-13H,9-10H2,1-4H3. The van der Waals surface area contributed by atoms with Crippen molar-refractivity contribution >= 4 is 11.6 Å². The van der Waals surface area contributed by atoms with Crippen LogP contribution in [0.1, 0.15) is 26.5 Å². The van der Waals surface area contributed by atoms with Crippen molar-refractivity contribution in [2.75, 3.05) is 29.9 Å². The first-order chi connectivity index (χ1) is 12.9. The van der Waals surface area contributed by atoms with Crippen LogP contribution >= 0.6 is 0 Å². The van der Waals surface area contributed by atoms with E-state index in [4.69, 9.17) is 0 Å². The molecule has 4 rings (SSSR count). The molecular formula is C18H23N9. The van der Waals surface area contributed by atoms with E-state index < -0.39 is 0 Å². The number of hydrogen-bond acceptors (Lipinski definition) is 8. The van der Waals surface area contributed by atoms with E-state index in [9.17, 15) is 0 Å². The molecule has 1 fully saturated rings. The average Bonchev–Trinajstić information content (AvgIpc) is 3.15. The summed E-state index contributed by atoms with van der Waals surface area (Å²) in [5.41, 5.74) is 1.01. The van der Waals surface area contributed by atoms with Gasteiger partial charge in [-0.3, -0.25) is 4.98 Å². The lowest BCUT2D eigenvalue weighted by Gasteiger charge is -2.44. The Hall–Kier alpha value is -3.10. The number of aromatic nitrogens is 7. The number of likely N-dealkylation sites (N-methyl/N-ethyl adjacent to an activating group) is 1. The lowest BCUT2D eigenvalue weighted by molar-refractivity contribution is 0.484. The average molecular weight is 365 g/mol. The lowest BCUT2D eigenvalue weighted by Crippen LogP contribution is -2.59. The van der Waals surface area contributed by atoms with E-state index in [1.807, 2.05) is 7.05 Å². The molecule has 1 aliphatic rings. The molecule has 0 atom stereocenters. The molecule has 1 aliphatic heterocycles. The van der Waals surface area contributed by atoms with Crippen molar-refractivity contribution in [1.29, 1.82) is 0 Å². The van der Waals surface area contributed by atoms with E-state index in [0.29, 0.717) is 11.9 Å². The Morgan fingerprint density at radius 1 is 1.04 bits per heavy atom. The largest absolute Gasteiger partial charge is 0.352 e. The van der Waals surface area contributed by atoms with Gasteiger partial charge in [0.25, 0.3) is 0 Å². The molecule has 0 radical (unpaired) electrons. The SMILES string of the molecule is CN(c1cncc(-n2cncn2)n1)C1CN(c2ccc(C(C)(C)C)nn2)C1. The second-order valence-electron chi connectivity index (χ2n) is 7.77. The van der Waals surface area contributed by atoms with Crippen LogP contribution in [0, 0.1) is 0 Å². The minimum Gasteiger partial charge on any atom is -0.352 e. The van der Waals surface area contributed by atoms with Crippen molar-refractivity contribution in [3.63, 3.8) is 0 Å². The predicted molar refractivity (Wildman–Crippen MR) is 102 cm³/mol. The highest BCUT2D eigenvalue weighted by molar-refractivity contribution is 5.48. The van der Waals surface area contributed by atoms with Gasteiger partial charge in [0.1, 0.15) is 18.5 Å². The van der Waals surface area contributed by atoms with Crippen LogP contribution < -0.4 is 9.80 Å². The highest BCUT2D eigenvalue weighted by atomic mass is 15.4. The lowest BCUT2D eigenvalue weighted by atomic mass is 9.92. The molecule has 3 aromatic rings. The summed E-state index contributed by atoms with van der Waals surface area (Å²) >= 11 is 0. The van der Waals surface area contributed by atoms with Crippen molar-refractivity contribution in [2.45, 2.75) is 32.2 Å². The van der Waals surface area contributed by atoms with E-state index >= 15 is 0 Å². The van der Waals surface area contributed by atoms with Crippen LogP contribution in [-0.4, -0.2) is 61.1 Å². The summed E-state index contributed by atoms with van der Waals surface area (Å²) in [6, 6.07) is 4.45. The first-order valence-corrected chi connectivity index (χ1v) is 8.91. The minimum atomic E-state index is 0.0109. The van der Waals surface area contributed by atoms with Gasteiger partial charge in [-0.2, -0.15) is 10.2 Å². The Balaban J connectivity index is 1.41. The second-order valence-corrected chi connectivity index (χ2v) is 7.77. The summed E-state index contributed by atoms with van der Waals surface area (Å²) in [6.45, 7) is 8.16. The van der Waals surface area contributed by atoms with Gasteiger partial charge in [-0.15, -0.1) is 5.10 Å². The molecule has 3 aromatic heterocycles. The number of hydrogen-bond donors (Lipinski definition) is 0. The number of rotatable bonds is 4. The molecule has 0 saturated carbocycles. The van der Waals surface area contributed by atoms with Crippen LogP contribution in [0.4, 0.5) is 11.6 Å². The van der Waals surface area contributed by atoms with Crippen molar-refractivity contribution in [3.8, 4) is 5.82 Å². The summed E-state index contributed by atoms with van der Waals surface area (Å²) in [4.78, 5) is 17.2. The zero-order valence-electron chi connectivity index (χ0n) is 16.0. The highest BCUT2D eigenvalue weighted by Crippen LogP contribution is 2.25. The normalized spacial score (nSPS) is 14.9. The fraction of sp³-hybridized carbons (Fsp3) is 0.444. The van der Waals surface area contributed by atoms with Gasteiger partial charge in [0.15, 0.2) is 11.6 Å². The minimum absolute atomic E-state index is 0.0109. The maximum Gasteiger partial charge on any atom is 0.175 e. The van der Waals surface area contributed by atoms with Gasteiger partial charge in [0.2, 0.25) is 0 Å². The fourth-order valence-corrected chi connectivity index (χ4v) is 2.92. The molecule has 0 N–H and O–H groups in total. The first kappa shape index (κ1) is 17.3. The van der Waals surface area contributed by atoms with Crippen LogP contribution in [-0.2, 0) is 5.41 Å². The predicted octanol–water partition coefficient (Wildman–Crippen LogP) is 1.47. The smallest absolute Gasteiger partial charge is 0.175 e. The number of anilines is 2. The molecule has 27 heavy (non-hydrogen) atoms. The molecule has 0 aromatic carbocycles. The third-order valence-electron chi connectivity index (χ3n) is 4.78. The molecule has 140 valence electrons. The van der Waals surface area contributed by atoms with E-state index in [2.05, 4.69) is 73.0 Å². The van der Waals surface area contributed by atoms with Gasteiger partial charge in [-0.1, -0.05) is 20.8 Å².